The Balaban J connectivity index is 1.37. The minimum atomic E-state index is -0.204. The van der Waals surface area contributed by atoms with Crippen LogP contribution in [0.3, 0.4) is 0 Å². The molecule has 1 amide bonds. The summed E-state index contributed by atoms with van der Waals surface area (Å²) in [6, 6.07) is 12.6. The lowest BCUT2D eigenvalue weighted by molar-refractivity contribution is -0.140. The fourth-order valence-electron chi connectivity index (χ4n) is 4.00. The van der Waals surface area contributed by atoms with Gasteiger partial charge in [-0.05, 0) is 49.9 Å². The number of furan rings is 1. The van der Waals surface area contributed by atoms with Gasteiger partial charge >= 0.3 is 0 Å². The number of ether oxygens (including phenoxy) is 1. The van der Waals surface area contributed by atoms with Crippen molar-refractivity contribution in [3.8, 4) is 11.3 Å². The molecule has 5 nitrogen and oxygen atoms in total. The third-order valence-electron chi connectivity index (χ3n) is 5.46. The smallest absolute Gasteiger partial charge is 0.251 e. The van der Waals surface area contributed by atoms with Gasteiger partial charge in [0.15, 0.2) is 0 Å². The Bertz CT molecular complexity index is 779. The van der Waals surface area contributed by atoms with E-state index < -0.39 is 0 Å². The second-order valence-electron chi connectivity index (χ2n) is 7.57. The molecule has 27 heavy (non-hydrogen) atoms. The van der Waals surface area contributed by atoms with E-state index in [2.05, 4.69) is 29.2 Å². The van der Waals surface area contributed by atoms with Gasteiger partial charge in [-0.15, -0.1) is 0 Å². The fraction of sp³-hybridized carbons (Fsp3) is 0.500. The maximum atomic E-state index is 12.6. The highest BCUT2D eigenvalue weighted by Crippen LogP contribution is 2.23. The number of carbonyl (C=O) groups is 1. The summed E-state index contributed by atoms with van der Waals surface area (Å²) in [5.41, 5.74) is 2.39. The first kappa shape index (κ1) is 18.3. The van der Waals surface area contributed by atoms with Crippen molar-refractivity contribution < 1.29 is 13.9 Å². The molecular weight excluding hydrogens is 340 g/mol. The molecule has 1 aromatic heterocycles. The minimum Gasteiger partial charge on any atom is -0.461 e. The molecular formula is C22H28N2O3. The lowest BCUT2D eigenvalue weighted by Gasteiger charge is -2.24. The number of aryl methyl sites for hydroxylation is 1. The average Bonchev–Trinajstić information content (AvgIpc) is 3.31. The van der Waals surface area contributed by atoms with Gasteiger partial charge in [-0.1, -0.05) is 18.2 Å². The summed E-state index contributed by atoms with van der Waals surface area (Å²) in [6.45, 7) is 7.13. The van der Waals surface area contributed by atoms with Crippen molar-refractivity contribution >= 4 is 5.91 Å². The van der Waals surface area contributed by atoms with Crippen molar-refractivity contribution in [2.75, 3.05) is 32.8 Å². The van der Waals surface area contributed by atoms with Crippen molar-refractivity contribution in [1.82, 2.24) is 9.80 Å². The highest BCUT2D eigenvalue weighted by atomic mass is 16.5. The van der Waals surface area contributed by atoms with Gasteiger partial charge in [0.05, 0.1) is 0 Å². The van der Waals surface area contributed by atoms with E-state index in [-0.39, 0.29) is 12.0 Å². The standard InChI is InChI=1S/C22H28N2O3/c1-17-8-9-20(27-17)19-6-2-5-18(15-19)16-23-10-4-11-24(13-12-23)22(25)21-7-3-14-26-21/h2,5-6,8-9,15,21H,3-4,7,10-14,16H2,1H3/t21-/m0/s1. The Kier molecular flexibility index (Phi) is 5.60. The number of hydrogen-bond donors (Lipinski definition) is 0. The number of rotatable bonds is 4. The largest absolute Gasteiger partial charge is 0.461 e. The molecule has 1 atom stereocenters. The van der Waals surface area contributed by atoms with Gasteiger partial charge in [-0.25, -0.2) is 0 Å². The molecule has 0 spiro atoms. The van der Waals surface area contributed by atoms with Crippen molar-refractivity contribution in [3.05, 3.63) is 47.7 Å². The lowest BCUT2D eigenvalue weighted by atomic mass is 10.1. The van der Waals surface area contributed by atoms with Crippen LogP contribution in [-0.4, -0.2) is 54.6 Å². The molecule has 2 aliphatic heterocycles. The Labute approximate surface area is 160 Å². The third kappa shape index (κ3) is 4.42. The maximum absolute atomic E-state index is 12.6. The van der Waals surface area contributed by atoms with Crippen LogP contribution < -0.4 is 0 Å². The topological polar surface area (TPSA) is 45.9 Å². The Morgan fingerprint density at radius 2 is 2.04 bits per heavy atom. The van der Waals surface area contributed by atoms with Gasteiger partial charge in [0.25, 0.3) is 5.91 Å². The van der Waals surface area contributed by atoms with Crippen molar-refractivity contribution in [1.29, 1.82) is 0 Å². The molecule has 4 rings (SSSR count). The Hall–Kier alpha value is -2.11. The molecule has 1 aromatic carbocycles. The molecule has 2 aliphatic rings. The number of benzene rings is 1. The number of hydrogen-bond acceptors (Lipinski definition) is 4. The van der Waals surface area contributed by atoms with Crippen LogP contribution in [0.15, 0.2) is 40.8 Å². The van der Waals surface area contributed by atoms with E-state index >= 15 is 0 Å². The van der Waals surface area contributed by atoms with E-state index in [1.54, 1.807) is 0 Å². The van der Waals surface area contributed by atoms with Crippen LogP contribution in [0, 0.1) is 6.92 Å². The van der Waals surface area contributed by atoms with E-state index in [1.807, 2.05) is 24.0 Å². The van der Waals surface area contributed by atoms with E-state index in [4.69, 9.17) is 9.15 Å². The van der Waals surface area contributed by atoms with Crippen LogP contribution >= 0.6 is 0 Å². The van der Waals surface area contributed by atoms with Gasteiger partial charge < -0.3 is 14.1 Å². The first-order valence-corrected chi connectivity index (χ1v) is 9.97. The zero-order valence-electron chi connectivity index (χ0n) is 16.0. The molecule has 2 aromatic rings. The molecule has 2 fully saturated rings. The molecule has 3 heterocycles. The number of amides is 1. The molecule has 0 unspecified atom stereocenters. The van der Waals surface area contributed by atoms with Gasteiger partial charge in [0.2, 0.25) is 0 Å². The van der Waals surface area contributed by atoms with Crippen LogP contribution in [0.4, 0.5) is 0 Å². The van der Waals surface area contributed by atoms with E-state index in [0.717, 1.165) is 75.7 Å². The van der Waals surface area contributed by atoms with Crippen molar-refractivity contribution in [2.45, 2.75) is 38.8 Å². The van der Waals surface area contributed by atoms with E-state index in [1.165, 1.54) is 5.56 Å². The average molecular weight is 368 g/mol. The molecule has 0 aliphatic carbocycles. The first-order valence-electron chi connectivity index (χ1n) is 9.97. The number of carbonyl (C=O) groups excluding carboxylic acids is 1. The molecule has 0 saturated carbocycles. The molecule has 5 heteroatoms. The molecule has 2 saturated heterocycles. The molecule has 0 bridgehead atoms. The highest BCUT2D eigenvalue weighted by Gasteiger charge is 2.29. The van der Waals surface area contributed by atoms with Crippen LogP contribution in [0.1, 0.15) is 30.6 Å². The summed E-state index contributed by atoms with van der Waals surface area (Å²) >= 11 is 0. The van der Waals surface area contributed by atoms with E-state index in [9.17, 15) is 4.79 Å². The van der Waals surface area contributed by atoms with Gasteiger partial charge in [0.1, 0.15) is 17.6 Å². The highest BCUT2D eigenvalue weighted by molar-refractivity contribution is 5.81. The molecule has 144 valence electrons. The predicted molar refractivity (Wildman–Crippen MR) is 104 cm³/mol. The summed E-state index contributed by atoms with van der Waals surface area (Å²) in [4.78, 5) is 17.0. The van der Waals surface area contributed by atoms with Gasteiger partial charge in [-0.3, -0.25) is 9.69 Å². The zero-order valence-corrected chi connectivity index (χ0v) is 16.0. The van der Waals surface area contributed by atoms with Crippen LogP contribution in [-0.2, 0) is 16.1 Å². The van der Waals surface area contributed by atoms with Gasteiger partial charge in [0, 0.05) is 44.9 Å². The van der Waals surface area contributed by atoms with E-state index in [0.29, 0.717) is 0 Å². The first-order chi connectivity index (χ1) is 13.2. The van der Waals surface area contributed by atoms with Crippen LogP contribution in [0.5, 0.6) is 0 Å². The quantitative estimate of drug-likeness (QED) is 0.829. The normalized spacial score (nSPS) is 21.4. The monoisotopic (exact) mass is 368 g/mol. The van der Waals surface area contributed by atoms with Crippen molar-refractivity contribution in [3.63, 3.8) is 0 Å². The number of nitrogens with zero attached hydrogens (tertiary/aromatic N) is 2. The minimum absolute atomic E-state index is 0.185. The SMILES string of the molecule is Cc1ccc(-c2cccc(CN3CCCN(C(=O)[C@@H]4CCCO4)CC3)c2)o1. The third-order valence-corrected chi connectivity index (χ3v) is 5.46. The van der Waals surface area contributed by atoms with Crippen LogP contribution in [0.25, 0.3) is 11.3 Å². The zero-order chi connectivity index (χ0) is 18.6. The summed E-state index contributed by atoms with van der Waals surface area (Å²) in [5.74, 6) is 2.03. The predicted octanol–water partition coefficient (Wildman–Crippen LogP) is 3.47. The summed E-state index contributed by atoms with van der Waals surface area (Å²) < 4.78 is 11.3. The lowest BCUT2D eigenvalue weighted by Crippen LogP contribution is -2.41. The Morgan fingerprint density at radius 3 is 2.81 bits per heavy atom. The molecule has 0 N–H and O–H groups in total. The van der Waals surface area contributed by atoms with Crippen molar-refractivity contribution in [2.24, 2.45) is 0 Å². The summed E-state index contributed by atoms with van der Waals surface area (Å²) in [6.07, 6.45) is 2.68. The summed E-state index contributed by atoms with van der Waals surface area (Å²) in [7, 11) is 0. The second-order valence-corrected chi connectivity index (χ2v) is 7.57. The van der Waals surface area contributed by atoms with Crippen LogP contribution in [0.2, 0.25) is 0 Å². The molecule has 0 radical (unpaired) electrons. The van der Waals surface area contributed by atoms with Gasteiger partial charge in [-0.2, -0.15) is 0 Å². The Morgan fingerprint density at radius 1 is 1.11 bits per heavy atom. The second kappa shape index (κ2) is 8.28. The summed E-state index contributed by atoms with van der Waals surface area (Å²) in [5, 5.41) is 0. The maximum Gasteiger partial charge on any atom is 0.251 e. The fourth-order valence-corrected chi connectivity index (χ4v) is 4.00.